The Bertz CT molecular complexity index is 249. The maximum absolute atomic E-state index is 11.8. The molecule has 2 amide bonds. The van der Waals surface area contributed by atoms with Crippen molar-refractivity contribution in [3.8, 4) is 0 Å². The van der Waals surface area contributed by atoms with E-state index in [0.717, 1.165) is 25.2 Å². The summed E-state index contributed by atoms with van der Waals surface area (Å²) in [5.41, 5.74) is 0. The third kappa shape index (κ3) is 3.90. The van der Waals surface area contributed by atoms with E-state index in [4.69, 9.17) is 0 Å². The van der Waals surface area contributed by atoms with Crippen LogP contribution in [0.3, 0.4) is 0 Å². The highest BCUT2D eigenvalue weighted by Gasteiger charge is 2.23. The van der Waals surface area contributed by atoms with E-state index in [1.165, 1.54) is 38.5 Å². The fourth-order valence-corrected chi connectivity index (χ4v) is 3.28. The maximum atomic E-state index is 11.8. The Kier molecular flexibility index (Phi) is 4.69. The Morgan fingerprint density at radius 3 is 2.35 bits per heavy atom. The molecule has 2 fully saturated rings. The van der Waals surface area contributed by atoms with Crippen molar-refractivity contribution in [1.29, 1.82) is 0 Å². The van der Waals surface area contributed by atoms with Crippen LogP contribution in [0, 0.1) is 5.92 Å². The third-order valence-electron chi connectivity index (χ3n) is 4.39. The van der Waals surface area contributed by atoms with Crippen LogP contribution in [0.5, 0.6) is 0 Å². The van der Waals surface area contributed by atoms with Crippen LogP contribution >= 0.6 is 0 Å². The van der Waals surface area contributed by atoms with E-state index in [1.807, 2.05) is 0 Å². The molecule has 2 atom stereocenters. The summed E-state index contributed by atoms with van der Waals surface area (Å²) < 4.78 is 0. The smallest absolute Gasteiger partial charge is 0.315 e. The monoisotopic (exact) mass is 238 g/mol. The quantitative estimate of drug-likeness (QED) is 0.779. The van der Waals surface area contributed by atoms with Gasteiger partial charge in [0.2, 0.25) is 0 Å². The lowest BCUT2D eigenvalue weighted by molar-refractivity contribution is 0.221. The van der Waals surface area contributed by atoms with Crippen LogP contribution in [0.2, 0.25) is 0 Å². The van der Waals surface area contributed by atoms with Crippen molar-refractivity contribution < 1.29 is 4.79 Å². The molecule has 2 N–H and O–H groups in total. The molecule has 98 valence electrons. The van der Waals surface area contributed by atoms with E-state index in [9.17, 15) is 4.79 Å². The van der Waals surface area contributed by atoms with Gasteiger partial charge in [0, 0.05) is 12.1 Å². The van der Waals surface area contributed by atoms with Gasteiger partial charge >= 0.3 is 6.03 Å². The zero-order valence-corrected chi connectivity index (χ0v) is 11.0. The van der Waals surface area contributed by atoms with Crippen LogP contribution in [-0.2, 0) is 0 Å². The van der Waals surface area contributed by atoms with Crippen molar-refractivity contribution in [2.24, 2.45) is 5.92 Å². The van der Waals surface area contributed by atoms with Crippen molar-refractivity contribution in [1.82, 2.24) is 10.6 Å². The first-order valence-corrected chi connectivity index (χ1v) is 7.35. The highest BCUT2D eigenvalue weighted by atomic mass is 16.2. The number of rotatable bonds is 3. The van der Waals surface area contributed by atoms with Crippen molar-refractivity contribution in [3.63, 3.8) is 0 Å². The average molecular weight is 238 g/mol. The second kappa shape index (κ2) is 6.27. The molecule has 0 aliphatic heterocycles. The molecular formula is C14H26N2O. The van der Waals surface area contributed by atoms with Gasteiger partial charge in [0.05, 0.1) is 0 Å². The predicted molar refractivity (Wildman–Crippen MR) is 70.0 cm³/mol. The number of urea groups is 1. The molecule has 0 radical (unpaired) electrons. The molecule has 2 unspecified atom stereocenters. The lowest BCUT2D eigenvalue weighted by Gasteiger charge is -2.29. The molecule has 0 heterocycles. The molecule has 3 nitrogen and oxygen atoms in total. The molecule has 0 saturated heterocycles. The van der Waals surface area contributed by atoms with Gasteiger partial charge in [-0.3, -0.25) is 0 Å². The Balaban J connectivity index is 1.70. The van der Waals surface area contributed by atoms with Crippen LogP contribution in [0.1, 0.15) is 64.7 Å². The highest BCUT2D eigenvalue weighted by Crippen LogP contribution is 2.26. The maximum Gasteiger partial charge on any atom is 0.315 e. The minimum Gasteiger partial charge on any atom is -0.335 e. The second-order valence-corrected chi connectivity index (χ2v) is 5.74. The number of hydrogen-bond donors (Lipinski definition) is 2. The molecule has 17 heavy (non-hydrogen) atoms. The van der Waals surface area contributed by atoms with Gasteiger partial charge in [-0.1, -0.05) is 39.0 Å². The van der Waals surface area contributed by atoms with Gasteiger partial charge in [-0.2, -0.15) is 0 Å². The van der Waals surface area contributed by atoms with E-state index in [-0.39, 0.29) is 6.03 Å². The molecular weight excluding hydrogens is 212 g/mol. The molecule has 2 rings (SSSR count). The minimum atomic E-state index is 0.0682. The summed E-state index contributed by atoms with van der Waals surface area (Å²) in [6.45, 7) is 2.26. The number of hydrogen-bond acceptors (Lipinski definition) is 1. The van der Waals surface area contributed by atoms with Crippen molar-refractivity contribution >= 4 is 6.03 Å². The summed E-state index contributed by atoms with van der Waals surface area (Å²) in [5.74, 6) is 0.820. The van der Waals surface area contributed by atoms with Gasteiger partial charge in [-0.05, 0) is 31.6 Å². The van der Waals surface area contributed by atoms with Crippen LogP contribution in [0.15, 0.2) is 0 Å². The van der Waals surface area contributed by atoms with Gasteiger partial charge in [-0.25, -0.2) is 4.79 Å². The van der Waals surface area contributed by atoms with Crippen LogP contribution in [-0.4, -0.2) is 18.1 Å². The molecule has 0 aromatic carbocycles. The number of carbonyl (C=O) groups is 1. The predicted octanol–water partition coefficient (Wildman–Crippen LogP) is 3.20. The molecule has 0 aromatic heterocycles. The average Bonchev–Trinajstić information content (AvgIpc) is 2.82. The van der Waals surface area contributed by atoms with Crippen molar-refractivity contribution in [3.05, 3.63) is 0 Å². The lowest BCUT2D eigenvalue weighted by atomic mass is 9.84. The van der Waals surface area contributed by atoms with Crippen molar-refractivity contribution in [2.45, 2.75) is 76.8 Å². The summed E-state index contributed by atoms with van der Waals surface area (Å²) in [7, 11) is 0. The second-order valence-electron chi connectivity index (χ2n) is 5.74. The van der Waals surface area contributed by atoms with E-state index in [1.54, 1.807) is 0 Å². The fourth-order valence-electron chi connectivity index (χ4n) is 3.28. The molecule has 0 bridgehead atoms. The van der Waals surface area contributed by atoms with Gasteiger partial charge in [0.25, 0.3) is 0 Å². The first kappa shape index (κ1) is 12.7. The summed E-state index contributed by atoms with van der Waals surface area (Å²) in [4.78, 5) is 11.8. The minimum absolute atomic E-state index is 0.0682. The van der Waals surface area contributed by atoms with Gasteiger partial charge < -0.3 is 10.6 Å². The molecule has 2 saturated carbocycles. The first-order valence-electron chi connectivity index (χ1n) is 7.35. The Hall–Kier alpha value is -0.730. The molecule has 2 aliphatic carbocycles. The van der Waals surface area contributed by atoms with E-state index >= 15 is 0 Å². The van der Waals surface area contributed by atoms with Crippen LogP contribution in [0.25, 0.3) is 0 Å². The van der Waals surface area contributed by atoms with Gasteiger partial charge in [-0.15, -0.1) is 0 Å². The SMILES string of the molecule is CCC1CCCC(NC(=O)NC2CCCC2)C1. The van der Waals surface area contributed by atoms with Gasteiger partial charge in [0.15, 0.2) is 0 Å². The molecule has 2 aliphatic rings. The highest BCUT2D eigenvalue weighted by molar-refractivity contribution is 5.74. The number of amides is 2. The third-order valence-corrected chi connectivity index (χ3v) is 4.39. The standard InChI is InChI=1S/C14H26N2O/c1-2-11-6-5-9-13(10-11)16-14(17)15-12-7-3-4-8-12/h11-13H,2-10H2,1H3,(H2,15,16,17). The number of nitrogens with one attached hydrogen (secondary N) is 2. The Labute approximate surface area is 105 Å². The summed E-state index contributed by atoms with van der Waals surface area (Å²) in [5, 5.41) is 6.27. The van der Waals surface area contributed by atoms with Gasteiger partial charge in [0.1, 0.15) is 0 Å². The van der Waals surface area contributed by atoms with E-state index < -0.39 is 0 Å². The van der Waals surface area contributed by atoms with Crippen LogP contribution in [0.4, 0.5) is 4.79 Å². The fraction of sp³-hybridized carbons (Fsp3) is 0.929. The molecule has 0 aromatic rings. The summed E-state index contributed by atoms with van der Waals surface area (Å²) >= 11 is 0. The normalized spacial score (nSPS) is 30.2. The zero-order valence-electron chi connectivity index (χ0n) is 11.0. The Morgan fingerprint density at radius 1 is 1.00 bits per heavy atom. The number of carbonyl (C=O) groups excluding carboxylic acids is 1. The lowest BCUT2D eigenvalue weighted by Crippen LogP contribution is -2.46. The van der Waals surface area contributed by atoms with Crippen LogP contribution < -0.4 is 10.6 Å². The summed E-state index contributed by atoms with van der Waals surface area (Å²) in [6, 6.07) is 0.911. The Morgan fingerprint density at radius 2 is 1.65 bits per heavy atom. The zero-order chi connectivity index (χ0) is 12.1. The van der Waals surface area contributed by atoms with E-state index in [2.05, 4.69) is 17.6 Å². The molecule has 0 spiro atoms. The topological polar surface area (TPSA) is 41.1 Å². The largest absolute Gasteiger partial charge is 0.335 e. The van der Waals surface area contributed by atoms with E-state index in [0.29, 0.717) is 12.1 Å². The van der Waals surface area contributed by atoms with Crippen molar-refractivity contribution in [2.75, 3.05) is 0 Å². The summed E-state index contributed by atoms with van der Waals surface area (Å²) in [6.07, 6.45) is 11.1. The molecule has 3 heteroatoms. The first-order chi connectivity index (χ1) is 8.28.